The summed E-state index contributed by atoms with van der Waals surface area (Å²) in [5.74, 6) is -0.274. The van der Waals surface area contributed by atoms with Crippen LogP contribution in [0.2, 0.25) is 0 Å². The van der Waals surface area contributed by atoms with Crippen molar-refractivity contribution >= 4 is 11.3 Å². The van der Waals surface area contributed by atoms with Gasteiger partial charge in [0.15, 0.2) is 6.04 Å². The summed E-state index contributed by atoms with van der Waals surface area (Å²) >= 11 is 1.57. The largest absolute Gasteiger partial charge is 0.348 e. The summed E-state index contributed by atoms with van der Waals surface area (Å²) in [4.78, 5) is 2.31. The van der Waals surface area contributed by atoms with Crippen molar-refractivity contribution in [1.29, 1.82) is 15.8 Å². The average Bonchev–Trinajstić information content (AvgIpc) is 3.14. The lowest BCUT2D eigenvalue weighted by atomic mass is 9.57. The SMILES string of the molecule is CC[NH+]1C=CC2=C(C#N)[C@@H]([NH3+])C(C#N)(C#N)[C@@H](c3cccs3)[C@@H]2C1. The molecule has 0 radical (unpaired) electrons. The van der Waals surface area contributed by atoms with E-state index < -0.39 is 11.5 Å². The second-order valence-electron chi connectivity index (χ2n) is 6.27. The van der Waals surface area contributed by atoms with Crippen LogP contribution in [0.3, 0.4) is 0 Å². The lowest BCUT2D eigenvalue weighted by Crippen LogP contribution is -3.08. The van der Waals surface area contributed by atoms with Gasteiger partial charge in [-0.15, -0.1) is 11.3 Å². The average molecular weight is 337 g/mol. The number of nitrogens with zero attached hydrogens (tertiary/aromatic N) is 3. The van der Waals surface area contributed by atoms with Crippen molar-refractivity contribution in [2.45, 2.75) is 18.9 Å². The van der Waals surface area contributed by atoms with E-state index in [0.29, 0.717) is 5.57 Å². The zero-order valence-corrected chi connectivity index (χ0v) is 14.3. The Morgan fingerprint density at radius 2 is 2.12 bits per heavy atom. The predicted octanol–water partition coefficient (Wildman–Crippen LogP) is 0.358. The molecule has 0 bridgehead atoms. The maximum Gasteiger partial charge on any atom is 0.208 e. The number of rotatable bonds is 2. The first-order valence-electron chi connectivity index (χ1n) is 7.98. The normalized spacial score (nSPS) is 30.8. The van der Waals surface area contributed by atoms with E-state index >= 15 is 0 Å². The van der Waals surface area contributed by atoms with Gasteiger partial charge in [-0.25, -0.2) is 0 Å². The van der Waals surface area contributed by atoms with Gasteiger partial charge in [-0.05, 0) is 30.0 Å². The molecule has 2 heterocycles. The molecule has 4 atom stereocenters. The van der Waals surface area contributed by atoms with Gasteiger partial charge in [-0.1, -0.05) is 6.07 Å². The molecule has 0 aromatic carbocycles. The smallest absolute Gasteiger partial charge is 0.208 e. The Kier molecular flexibility index (Phi) is 4.26. The molecule has 1 aromatic rings. The Morgan fingerprint density at radius 1 is 1.38 bits per heavy atom. The zero-order valence-electron chi connectivity index (χ0n) is 13.5. The molecular weight excluding hydrogens is 318 g/mol. The highest BCUT2D eigenvalue weighted by Crippen LogP contribution is 2.52. The van der Waals surface area contributed by atoms with Crippen molar-refractivity contribution in [3.63, 3.8) is 0 Å². The first-order chi connectivity index (χ1) is 11.6. The number of hydrogen-bond acceptors (Lipinski definition) is 4. The van der Waals surface area contributed by atoms with Crippen LogP contribution < -0.4 is 10.6 Å². The number of nitriles is 3. The summed E-state index contributed by atoms with van der Waals surface area (Å²) in [5.41, 5.74) is 4.20. The van der Waals surface area contributed by atoms with Gasteiger partial charge < -0.3 is 10.6 Å². The maximum atomic E-state index is 9.94. The number of hydrogen-bond donors (Lipinski definition) is 2. The molecule has 1 aliphatic heterocycles. The van der Waals surface area contributed by atoms with Crippen LogP contribution in [-0.4, -0.2) is 19.1 Å². The lowest BCUT2D eigenvalue weighted by molar-refractivity contribution is -0.850. The van der Waals surface area contributed by atoms with E-state index in [1.165, 1.54) is 4.90 Å². The zero-order chi connectivity index (χ0) is 17.3. The molecule has 0 fully saturated rings. The van der Waals surface area contributed by atoms with Gasteiger partial charge in [0.05, 0.1) is 37.0 Å². The Labute approximate surface area is 145 Å². The van der Waals surface area contributed by atoms with E-state index in [0.717, 1.165) is 23.5 Å². The van der Waals surface area contributed by atoms with Gasteiger partial charge >= 0.3 is 0 Å². The topological polar surface area (TPSA) is 103 Å². The van der Waals surface area contributed by atoms with Crippen LogP contribution in [0.15, 0.2) is 40.9 Å². The molecule has 3 rings (SSSR count). The molecular formula is C18H19N5S+2. The summed E-state index contributed by atoms with van der Waals surface area (Å²) in [7, 11) is 0. The van der Waals surface area contributed by atoms with Crippen LogP contribution in [0.5, 0.6) is 0 Å². The number of quaternary nitrogens is 2. The first-order valence-corrected chi connectivity index (χ1v) is 8.86. The molecule has 0 spiro atoms. The summed E-state index contributed by atoms with van der Waals surface area (Å²) in [6, 6.07) is 10.0. The third-order valence-electron chi connectivity index (χ3n) is 5.28. The van der Waals surface area contributed by atoms with Gasteiger partial charge in [0.1, 0.15) is 6.07 Å². The van der Waals surface area contributed by atoms with E-state index in [9.17, 15) is 15.8 Å². The standard InChI is InChI=1S/C18H17N5S/c1-2-23-6-5-12-13(8-19)17(22)18(10-20,11-21)16(14(12)9-23)15-4-3-7-24-15/h3-7,14,16-17H,2,9,22H2,1H3/p+2/t14-,16-,17-/m1/s1. The Balaban J connectivity index is 2.28. The van der Waals surface area contributed by atoms with E-state index in [4.69, 9.17) is 0 Å². The van der Waals surface area contributed by atoms with Crippen LogP contribution in [0.1, 0.15) is 17.7 Å². The van der Waals surface area contributed by atoms with E-state index in [1.807, 2.05) is 23.6 Å². The molecule has 0 amide bonds. The predicted molar refractivity (Wildman–Crippen MR) is 89.0 cm³/mol. The summed E-state index contributed by atoms with van der Waals surface area (Å²) < 4.78 is 0. The fourth-order valence-corrected chi connectivity index (χ4v) is 4.93. The highest BCUT2D eigenvalue weighted by Gasteiger charge is 2.59. The van der Waals surface area contributed by atoms with Gasteiger partial charge in [0.25, 0.3) is 0 Å². The molecule has 120 valence electrons. The molecule has 4 N–H and O–H groups in total. The summed E-state index contributed by atoms with van der Waals surface area (Å²) in [5, 5.41) is 31.5. The molecule has 1 unspecified atom stereocenters. The van der Waals surface area contributed by atoms with Crippen molar-refractivity contribution in [2.75, 3.05) is 13.1 Å². The quantitative estimate of drug-likeness (QED) is 0.814. The minimum Gasteiger partial charge on any atom is -0.348 e. The van der Waals surface area contributed by atoms with Crippen molar-refractivity contribution in [1.82, 2.24) is 0 Å². The number of thiophene rings is 1. The van der Waals surface area contributed by atoms with E-state index in [-0.39, 0.29) is 11.8 Å². The third kappa shape index (κ3) is 2.19. The molecule has 0 saturated carbocycles. The van der Waals surface area contributed by atoms with E-state index in [2.05, 4.69) is 37.1 Å². The Bertz CT molecular complexity index is 801. The third-order valence-corrected chi connectivity index (χ3v) is 6.23. The number of nitrogens with one attached hydrogen (secondary N) is 1. The van der Waals surface area contributed by atoms with Crippen LogP contribution >= 0.6 is 11.3 Å². The second kappa shape index (κ2) is 6.23. The monoisotopic (exact) mass is 337 g/mol. The number of fused-ring (bicyclic) bond motifs is 1. The molecule has 5 nitrogen and oxygen atoms in total. The second-order valence-corrected chi connectivity index (χ2v) is 7.25. The summed E-state index contributed by atoms with van der Waals surface area (Å²) in [6.45, 7) is 3.82. The lowest BCUT2D eigenvalue weighted by Gasteiger charge is -2.43. The minimum atomic E-state index is -1.31. The molecule has 24 heavy (non-hydrogen) atoms. The van der Waals surface area contributed by atoms with E-state index in [1.54, 1.807) is 11.3 Å². The van der Waals surface area contributed by atoms with Crippen molar-refractivity contribution < 1.29 is 10.6 Å². The van der Waals surface area contributed by atoms with Gasteiger partial charge in [-0.3, -0.25) is 0 Å². The van der Waals surface area contributed by atoms with Crippen molar-refractivity contribution in [2.24, 2.45) is 11.3 Å². The summed E-state index contributed by atoms with van der Waals surface area (Å²) in [6.07, 6.45) is 4.08. The van der Waals surface area contributed by atoms with Crippen molar-refractivity contribution in [3.05, 3.63) is 45.8 Å². The van der Waals surface area contributed by atoms with Crippen LogP contribution in [-0.2, 0) is 0 Å². The van der Waals surface area contributed by atoms with Crippen LogP contribution in [0, 0.1) is 45.3 Å². The molecule has 1 aliphatic carbocycles. The maximum absolute atomic E-state index is 9.94. The number of allylic oxidation sites excluding steroid dienone is 1. The Hall–Kier alpha value is -2.43. The highest BCUT2D eigenvalue weighted by molar-refractivity contribution is 7.10. The molecule has 2 aliphatic rings. The minimum absolute atomic E-state index is 0.0180. The molecule has 0 saturated heterocycles. The van der Waals surface area contributed by atoms with Crippen LogP contribution in [0.25, 0.3) is 0 Å². The highest BCUT2D eigenvalue weighted by atomic mass is 32.1. The molecule has 1 aromatic heterocycles. The van der Waals surface area contributed by atoms with Crippen molar-refractivity contribution in [3.8, 4) is 18.2 Å². The Morgan fingerprint density at radius 3 is 2.67 bits per heavy atom. The molecule has 6 heteroatoms. The fraction of sp³-hybridized carbons (Fsp3) is 0.389. The van der Waals surface area contributed by atoms with Gasteiger partial charge in [0, 0.05) is 16.7 Å². The van der Waals surface area contributed by atoms with Crippen LogP contribution in [0.4, 0.5) is 0 Å². The first kappa shape index (κ1) is 16.4. The fourth-order valence-electron chi connectivity index (χ4n) is 3.96. The van der Waals surface area contributed by atoms with Gasteiger partial charge in [0.2, 0.25) is 5.41 Å². The van der Waals surface area contributed by atoms with Gasteiger partial charge in [-0.2, -0.15) is 15.8 Å².